The van der Waals surface area contributed by atoms with E-state index in [-0.39, 0.29) is 18.8 Å². The first-order chi connectivity index (χ1) is 13.9. The Balaban J connectivity index is 1.53. The number of carbonyl (C=O) groups is 2. The topological polar surface area (TPSA) is 71.5 Å². The van der Waals surface area contributed by atoms with Gasteiger partial charge in [0.25, 0.3) is 5.91 Å². The third kappa shape index (κ3) is 6.00. The molecule has 0 saturated heterocycles. The summed E-state index contributed by atoms with van der Waals surface area (Å²) in [5, 5.41) is 5.40. The molecule has 0 aliphatic rings. The number of nitrogens with zero attached hydrogens (tertiary/aromatic N) is 2. The Bertz CT molecular complexity index is 1010. The summed E-state index contributed by atoms with van der Waals surface area (Å²) in [5.74, 6) is -0.645. The number of hydrogen-bond acceptors (Lipinski definition) is 5. The molecule has 0 aliphatic carbocycles. The molecule has 1 aromatic heterocycles. The number of rotatable bonds is 7. The van der Waals surface area contributed by atoms with Gasteiger partial charge in [0.15, 0.2) is 0 Å². The van der Waals surface area contributed by atoms with Crippen LogP contribution < -0.4 is 10.1 Å². The van der Waals surface area contributed by atoms with Gasteiger partial charge in [-0.1, -0.05) is 17.7 Å². The number of carbonyl (C=O) groups excluding carboxylic acids is 2. The second kappa shape index (κ2) is 9.49. The summed E-state index contributed by atoms with van der Waals surface area (Å²) >= 11 is 7.12. The monoisotopic (exact) mass is 433 g/mol. The van der Waals surface area contributed by atoms with Gasteiger partial charge in [0.2, 0.25) is 5.91 Å². The summed E-state index contributed by atoms with van der Waals surface area (Å²) in [6.45, 7) is 0.0207. The molecule has 3 aromatic rings. The maximum absolute atomic E-state index is 13.2. The third-order valence-corrected chi connectivity index (χ3v) is 4.86. The van der Waals surface area contributed by atoms with E-state index in [2.05, 4.69) is 10.3 Å². The Labute approximate surface area is 175 Å². The predicted octanol–water partition coefficient (Wildman–Crippen LogP) is 4.23. The minimum Gasteiger partial charge on any atom is -0.486 e. The number of thiazole rings is 1. The van der Waals surface area contributed by atoms with Crippen LogP contribution in [-0.4, -0.2) is 35.3 Å². The highest BCUT2D eigenvalue weighted by atomic mass is 35.5. The van der Waals surface area contributed by atoms with Crippen LogP contribution in [0.3, 0.4) is 0 Å². The largest absolute Gasteiger partial charge is 0.486 e. The highest BCUT2D eigenvalue weighted by molar-refractivity contribution is 7.09. The fourth-order valence-corrected chi connectivity index (χ4v) is 3.21. The fourth-order valence-electron chi connectivity index (χ4n) is 2.40. The molecule has 0 spiro atoms. The van der Waals surface area contributed by atoms with Crippen molar-refractivity contribution in [1.82, 2.24) is 9.88 Å². The van der Waals surface area contributed by atoms with Crippen molar-refractivity contribution in [3.05, 3.63) is 75.5 Å². The fraction of sp³-hybridized carbons (Fsp3) is 0.150. The Morgan fingerprint density at radius 2 is 2.00 bits per heavy atom. The number of benzene rings is 2. The molecule has 0 saturated carbocycles. The van der Waals surface area contributed by atoms with Crippen molar-refractivity contribution in [2.24, 2.45) is 0 Å². The lowest BCUT2D eigenvalue weighted by atomic mass is 10.3. The summed E-state index contributed by atoms with van der Waals surface area (Å²) in [6, 6.07) is 12.5. The Hall–Kier alpha value is -2.97. The second-order valence-electron chi connectivity index (χ2n) is 6.09. The van der Waals surface area contributed by atoms with Gasteiger partial charge in [-0.05, 0) is 42.5 Å². The van der Waals surface area contributed by atoms with E-state index in [0.717, 1.165) is 0 Å². The molecule has 1 heterocycles. The molecule has 1 N–H and O–H groups in total. The SMILES string of the molecule is CN(CC(=O)Nc1cccc(F)c1)C(=O)c1csc(COc2ccc(Cl)cc2)n1. The van der Waals surface area contributed by atoms with Crippen LogP contribution in [0.1, 0.15) is 15.5 Å². The number of amides is 2. The normalized spacial score (nSPS) is 10.4. The van der Waals surface area contributed by atoms with Crippen LogP contribution in [-0.2, 0) is 11.4 Å². The van der Waals surface area contributed by atoms with Crippen molar-refractivity contribution in [3.63, 3.8) is 0 Å². The van der Waals surface area contributed by atoms with Crippen LogP contribution in [0.2, 0.25) is 5.02 Å². The second-order valence-corrected chi connectivity index (χ2v) is 7.47. The molecule has 0 fully saturated rings. The molecule has 3 rings (SSSR count). The number of anilines is 1. The molecular weight excluding hydrogens is 417 g/mol. The molecule has 6 nitrogen and oxygen atoms in total. The highest BCUT2D eigenvalue weighted by Crippen LogP contribution is 2.18. The van der Waals surface area contributed by atoms with E-state index in [1.807, 2.05) is 0 Å². The number of aromatic nitrogens is 1. The van der Waals surface area contributed by atoms with Gasteiger partial charge in [0, 0.05) is 23.1 Å². The lowest BCUT2D eigenvalue weighted by Crippen LogP contribution is -2.35. The van der Waals surface area contributed by atoms with Gasteiger partial charge in [0.1, 0.15) is 28.9 Å². The van der Waals surface area contributed by atoms with Crippen molar-refractivity contribution in [1.29, 1.82) is 0 Å². The van der Waals surface area contributed by atoms with E-state index in [0.29, 0.717) is 21.5 Å². The standard InChI is InChI=1S/C20H17ClFN3O3S/c1-25(10-18(26)23-15-4-2-3-14(22)9-15)20(27)17-12-29-19(24-17)11-28-16-7-5-13(21)6-8-16/h2-9,12H,10-11H2,1H3,(H,23,26). The quantitative estimate of drug-likeness (QED) is 0.605. The van der Waals surface area contributed by atoms with E-state index in [9.17, 15) is 14.0 Å². The van der Waals surface area contributed by atoms with Gasteiger partial charge in [-0.25, -0.2) is 9.37 Å². The van der Waals surface area contributed by atoms with Crippen molar-refractivity contribution in [3.8, 4) is 5.75 Å². The van der Waals surface area contributed by atoms with Gasteiger partial charge in [-0.2, -0.15) is 0 Å². The summed E-state index contributed by atoms with van der Waals surface area (Å²) in [6.07, 6.45) is 0. The zero-order chi connectivity index (χ0) is 20.8. The first-order valence-electron chi connectivity index (χ1n) is 8.54. The van der Waals surface area contributed by atoms with E-state index in [1.165, 1.54) is 41.5 Å². The summed E-state index contributed by atoms with van der Waals surface area (Å²) in [4.78, 5) is 30.1. The summed E-state index contributed by atoms with van der Waals surface area (Å²) in [7, 11) is 1.50. The number of likely N-dealkylation sites (N-methyl/N-ethyl adjacent to an activating group) is 1. The average Bonchev–Trinajstić information content (AvgIpc) is 3.16. The van der Waals surface area contributed by atoms with Crippen molar-refractivity contribution < 1.29 is 18.7 Å². The van der Waals surface area contributed by atoms with E-state index in [1.54, 1.807) is 35.7 Å². The molecule has 2 amide bonds. The molecule has 0 radical (unpaired) electrons. The van der Waals surface area contributed by atoms with E-state index in [4.69, 9.17) is 16.3 Å². The number of hydrogen-bond donors (Lipinski definition) is 1. The Morgan fingerprint density at radius 1 is 1.24 bits per heavy atom. The van der Waals surface area contributed by atoms with Crippen molar-refractivity contribution in [2.75, 3.05) is 18.9 Å². The average molecular weight is 434 g/mol. The Morgan fingerprint density at radius 3 is 2.72 bits per heavy atom. The molecule has 0 bridgehead atoms. The van der Waals surface area contributed by atoms with E-state index >= 15 is 0 Å². The van der Waals surface area contributed by atoms with E-state index < -0.39 is 17.6 Å². The molecule has 0 atom stereocenters. The van der Waals surface area contributed by atoms with Gasteiger partial charge in [-0.3, -0.25) is 9.59 Å². The lowest BCUT2D eigenvalue weighted by Gasteiger charge is -2.15. The van der Waals surface area contributed by atoms with Crippen LogP contribution in [0.15, 0.2) is 53.9 Å². The molecule has 9 heteroatoms. The predicted molar refractivity (Wildman–Crippen MR) is 110 cm³/mol. The smallest absolute Gasteiger partial charge is 0.273 e. The first-order valence-corrected chi connectivity index (χ1v) is 9.80. The zero-order valence-electron chi connectivity index (χ0n) is 15.4. The van der Waals surface area contributed by atoms with Crippen LogP contribution in [0.5, 0.6) is 5.75 Å². The number of ether oxygens (including phenoxy) is 1. The van der Waals surface area contributed by atoms with Crippen LogP contribution in [0.25, 0.3) is 0 Å². The molecule has 0 aliphatic heterocycles. The minimum atomic E-state index is -0.456. The van der Waals surface area contributed by atoms with Crippen molar-refractivity contribution >= 4 is 40.4 Å². The molecule has 2 aromatic carbocycles. The maximum atomic E-state index is 13.2. The van der Waals surface area contributed by atoms with Crippen LogP contribution >= 0.6 is 22.9 Å². The van der Waals surface area contributed by atoms with Gasteiger partial charge in [0.05, 0.1) is 6.54 Å². The number of halogens is 2. The molecular formula is C20H17ClFN3O3S. The van der Waals surface area contributed by atoms with Crippen LogP contribution in [0, 0.1) is 5.82 Å². The van der Waals surface area contributed by atoms with Gasteiger partial charge < -0.3 is 15.0 Å². The Kier molecular flexibility index (Phi) is 6.79. The first kappa shape index (κ1) is 20.8. The molecule has 29 heavy (non-hydrogen) atoms. The summed E-state index contributed by atoms with van der Waals surface area (Å²) < 4.78 is 18.8. The lowest BCUT2D eigenvalue weighted by molar-refractivity contribution is -0.116. The summed E-state index contributed by atoms with van der Waals surface area (Å²) in [5.41, 5.74) is 0.553. The highest BCUT2D eigenvalue weighted by Gasteiger charge is 2.18. The van der Waals surface area contributed by atoms with Crippen molar-refractivity contribution in [2.45, 2.75) is 6.61 Å². The van der Waals surface area contributed by atoms with Crippen LogP contribution in [0.4, 0.5) is 10.1 Å². The third-order valence-electron chi connectivity index (χ3n) is 3.78. The van der Waals surface area contributed by atoms with Gasteiger partial charge >= 0.3 is 0 Å². The maximum Gasteiger partial charge on any atom is 0.273 e. The molecule has 150 valence electrons. The molecule has 0 unspecified atom stereocenters. The zero-order valence-corrected chi connectivity index (χ0v) is 17.0. The minimum absolute atomic E-state index is 0.191. The van der Waals surface area contributed by atoms with Gasteiger partial charge in [-0.15, -0.1) is 11.3 Å². The number of nitrogens with one attached hydrogen (secondary N) is 1.